The van der Waals surface area contributed by atoms with Crippen LogP contribution in [0.3, 0.4) is 0 Å². The van der Waals surface area contributed by atoms with Gasteiger partial charge in [0.2, 0.25) is 0 Å². The highest BCUT2D eigenvalue weighted by Gasteiger charge is 2.66. The quantitative estimate of drug-likeness (QED) is 0.652. The molecular weight excluding hydrogens is 340 g/mol. The molecule has 4 bridgehead atoms. The van der Waals surface area contributed by atoms with Crippen LogP contribution in [0.2, 0.25) is 0 Å². The molecule has 0 aliphatic heterocycles. The third-order valence-corrected chi connectivity index (χ3v) is 12.4. The average molecular weight is 385 g/mol. The van der Waals surface area contributed by atoms with Crippen LogP contribution in [0.1, 0.15) is 85.0 Å². The first-order valence-electron chi connectivity index (χ1n) is 12.9. The minimum absolute atomic E-state index is 0.499. The number of nitrogens with two attached hydrogens (primary N) is 2. The van der Waals surface area contributed by atoms with Gasteiger partial charge in [0.15, 0.2) is 0 Å². The maximum atomic E-state index is 7.01. The average Bonchev–Trinajstić information content (AvgIpc) is 3.45. The molecule has 28 heavy (non-hydrogen) atoms. The zero-order chi connectivity index (χ0) is 19.4. The second-order valence-corrected chi connectivity index (χ2v) is 13.0. The van der Waals surface area contributed by atoms with Crippen molar-refractivity contribution in [2.75, 3.05) is 0 Å². The van der Waals surface area contributed by atoms with Gasteiger partial charge in [-0.25, -0.2) is 0 Å². The minimum Gasteiger partial charge on any atom is -0.327 e. The summed E-state index contributed by atoms with van der Waals surface area (Å²) in [5, 5.41) is 0. The van der Waals surface area contributed by atoms with Crippen molar-refractivity contribution in [3.63, 3.8) is 0 Å². The van der Waals surface area contributed by atoms with Gasteiger partial charge >= 0.3 is 0 Å². The molecule has 2 spiro atoms. The van der Waals surface area contributed by atoms with Crippen LogP contribution in [-0.2, 0) is 0 Å². The van der Waals surface area contributed by atoms with Gasteiger partial charge in [-0.2, -0.15) is 0 Å². The molecule has 0 radical (unpaired) electrons. The van der Waals surface area contributed by atoms with E-state index in [1.807, 2.05) is 0 Å². The molecule has 158 valence electrons. The van der Waals surface area contributed by atoms with Gasteiger partial charge in [0.25, 0.3) is 0 Å². The van der Waals surface area contributed by atoms with E-state index in [-0.39, 0.29) is 0 Å². The van der Waals surface area contributed by atoms with E-state index in [0.29, 0.717) is 22.9 Å². The van der Waals surface area contributed by atoms with Crippen LogP contribution in [0.5, 0.6) is 0 Å². The molecule has 6 fully saturated rings. The second-order valence-electron chi connectivity index (χ2n) is 13.0. The molecule has 0 amide bonds. The zero-order valence-electron chi connectivity index (χ0n) is 18.6. The Bertz CT molecular complexity index is 630. The van der Waals surface area contributed by atoms with E-state index in [1.165, 1.54) is 64.2 Å². The Morgan fingerprint density at radius 2 is 1.39 bits per heavy atom. The van der Waals surface area contributed by atoms with Gasteiger partial charge in [-0.3, -0.25) is 0 Å². The predicted octanol–water partition coefficient (Wildman–Crippen LogP) is 5.20. The lowest BCUT2D eigenvalue weighted by atomic mass is 9.51. The van der Waals surface area contributed by atoms with Gasteiger partial charge in [-0.1, -0.05) is 20.8 Å². The number of hydrogen-bond donors (Lipinski definition) is 2. The van der Waals surface area contributed by atoms with Crippen LogP contribution in [0.15, 0.2) is 0 Å². The van der Waals surface area contributed by atoms with Crippen molar-refractivity contribution in [1.82, 2.24) is 0 Å². The van der Waals surface area contributed by atoms with Gasteiger partial charge in [0.1, 0.15) is 0 Å². The standard InChI is InChI=1S/C26H44N2/c1-14-11-25(12-15(14)2)22-10-19(23(25)27)9-21(22)18-5-4-16(3)26(13-18)20-7-6-17(8-20)24(26)28/h14-24H,4-13,27-28H2,1-3H3/t14?,15?,16?,17?,18?,19?,20?,21?,22?,23-,24-,25?,26?/m1/s1. The molecule has 6 rings (SSSR count). The Morgan fingerprint density at radius 1 is 0.679 bits per heavy atom. The summed E-state index contributed by atoms with van der Waals surface area (Å²) in [5.41, 5.74) is 15.0. The lowest BCUT2D eigenvalue weighted by Crippen LogP contribution is -2.55. The molecule has 2 heteroatoms. The highest BCUT2D eigenvalue weighted by molar-refractivity contribution is 5.17. The summed E-state index contributed by atoms with van der Waals surface area (Å²) in [6, 6.07) is 1.01. The van der Waals surface area contributed by atoms with Gasteiger partial charge in [0.05, 0.1) is 0 Å². The first-order chi connectivity index (χ1) is 13.4. The lowest BCUT2D eigenvalue weighted by Gasteiger charge is -2.55. The minimum atomic E-state index is 0.499. The van der Waals surface area contributed by atoms with Crippen molar-refractivity contribution in [2.45, 2.75) is 97.1 Å². The van der Waals surface area contributed by atoms with Crippen molar-refractivity contribution in [3.05, 3.63) is 0 Å². The van der Waals surface area contributed by atoms with Crippen LogP contribution in [0.25, 0.3) is 0 Å². The summed E-state index contributed by atoms with van der Waals surface area (Å²) in [4.78, 5) is 0. The summed E-state index contributed by atoms with van der Waals surface area (Å²) in [5.74, 6) is 8.10. The van der Waals surface area contributed by atoms with Crippen LogP contribution in [-0.4, -0.2) is 12.1 Å². The van der Waals surface area contributed by atoms with E-state index in [0.717, 1.165) is 53.3 Å². The molecule has 12 atom stereocenters. The fourth-order valence-corrected chi connectivity index (χ4v) is 11.0. The van der Waals surface area contributed by atoms with Crippen molar-refractivity contribution >= 4 is 0 Å². The first kappa shape index (κ1) is 18.7. The Kier molecular flexibility index (Phi) is 4.00. The third kappa shape index (κ3) is 2.13. The van der Waals surface area contributed by atoms with Gasteiger partial charge < -0.3 is 11.5 Å². The summed E-state index contributed by atoms with van der Waals surface area (Å²) in [7, 11) is 0. The molecule has 0 saturated heterocycles. The Balaban J connectivity index is 1.28. The fourth-order valence-electron chi connectivity index (χ4n) is 11.0. The van der Waals surface area contributed by atoms with Crippen molar-refractivity contribution in [3.8, 4) is 0 Å². The molecule has 6 saturated carbocycles. The van der Waals surface area contributed by atoms with Crippen molar-refractivity contribution in [2.24, 2.45) is 75.6 Å². The predicted molar refractivity (Wildman–Crippen MR) is 115 cm³/mol. The van der Waals surface area contributed by atoms with Gasteiger partial charge in [0, 0.05) is 12.1 Å². The summed E-state index contributed by atoms with van der Waals surface area (Å²) in [6.45, 7) is 7.56. The smallest absolute Gasteiger partial charge is 0.0129 e. The SMILES string of the molecule is CC1CC2(CC1C)C1CC(CC1C1CCC(C)C3(C1)C1CCC(C1)[C@H]3N)[C@H]2N. The normalized spacial score (nSPS) is 65.2. The highest BCUT2D eigenvalue weighted by atomic mass is 14.8. The molecule has 6 aliphatic carbocycles. The number of hydrogen-bond acceptors (Lipinski definition) is 2. The van der Waals surface area contributed by atoms with Crippen LogP contribution in [0, 0.1) is 64.1 Å². The molecule has 6 aliphatic rings. The molecule has 2 nitrogen and oxygen atoms in total. The highest BCUT2D eigenvalue weighted by Crippen LogP contribution is 2.70. The van der Waals surface area contributed by atoms with E-state index in [4.69, 9.17) is 11.5 Å². The lowest BCUT2D eigenvalue weighted by molar-refractivity contribution is -0.0441. The monoisotopic (exact) mass is 384 g/mol. The van der Waals surface area contributed by atoms with Gasteiger partial charge in [-0.05, 0) is 128 Å². The van der Waals surface area contributed by atoms with E-state index in [1.54, 1.807) is 0 Å². The van der Waals surface area contributed by atoms with Crippen molar-refractivity contribution < 1.29 is 0 Å². The van der Waals surface area contributed by atoms with Crippen molar-refractivity contribution in [1.29, 1.82) is 0 Å². The molecule has 4 N–H and O–H groups in total. The molecule has 0 aromatic rings. The van der Waals surface area contributed by atoms with E-state index < -0.39 is 0 Å². The molecule has 0 heterocycles. The maximum Gasteiger partial charge on any atom is 0.0129 e. The topological polar surface area (TPSA) is 52.0 Å². The van der Waals surface area contributed by atoms with E-state index in [2.05, 4.69) is 20.8 Å². The summed E-state index contributed by atoms with van der Waals surface area (Å²) >= 11 is 0. The van der Waals surface area contributed by atoms with E-state index >= 15 is 0 Å². The van der Waals surface area contributed by atoms with Gasteiger partial charge in [-0.15, -0.1) is 0 Å². The second kappa shape index (κ2) is 6.00. The maximum absolute atomic E-state index is 7.01. The molecule has 0 aromatic carbocycles. The first-order valence-corrected chi connectivity index (χ1v) is 12.9. The Labute approximate surface area is 173 Å². The Morgan fingerprint density at radius 3 is 2.04 bits per heavy atom. The number of rotatable bonds is 1. The zero-order valence-corrected chi connectivity index (χ0v) is 18.6. The third-order valence-electron chi connectivity index (χ3n) is 12.4. The number of fused-ring (bicyclic) bond motifs is 6. The molecule has 0 aromatic heterocycles. The largest absolute Gasteiger partial charge is 0.327 e. The summed E-state index contributed by atoms with van der Waals surface area (Å²) in [6.07, 6.45) is 14.5. The van der Waals surface area contributed by atoms with E-state index in [9.17, 15) is 0 Å². The molecule has 10 unspecified atom stereocenters. The van der Waals surface area contributed by atoms with Crippen LogP contribution in [0.4, 0.5) is 0 Å². The van der Waals surface area contributed by atoms with Crippen LogP contribution < -0.4 is 11.5 Å². The molecular formula is C26H44N2. The fraction of sp³-hybridized carbons (Fsp3) is 1.00. The summed E-state index contributed by atoms with van der Waals surface area (Å²) < 4.78 is 0. The Hall–Kier alpha value is -0.0800. The van der Waals surface area contributed by atoms with Crippen LogP contribution >= 0.6 is 0 Å².